The van der Waals surface area contributed by atoms with Crippen LogP contribution in [0.25, 0.3) is 11.3 Å². The molecule has 0 saturated carbocycles. The molecule has 1 N–H and O–H groups in total. The molecule has 0 fully saturated rings. The van der Waals surface area contributed by atoms with Crippen LogP contribution in [0.2, 0.25) is 5.02 Å². The number of rotatable bonds is 8. The second kappa shape index (κ2) is 9.95. The van der Waals surface area contributed by atoms with E-state index in [9.17, 15) is 4.79 Å². The molecule has 2 aromatic heterocycles. The lowest BCUT2D eigenvalue weighted by molar-refractivity contribution is -0.115. The third-order valence-electron chi connectivity index (χ3n) is 4.28. The van der Waals surface area contributed by atoms with Crippen molar-refractivity contribution >= 4 is 51.4 Å². The number of carbonyl (C=O) groups is 1. The topological polar surface area (TPSA) is 84.2 Å². The molecule has 0 aliphatic carbocycles. The van der Waals surface area contributed by atoms with Gasteiger partial charge in [-0.05, 0) is 24.3 Å². The number of nitrogens with zero attached hydrogens (tertiary/aromatic N) is 4. The maximum absolute atomic E-state index is 12.6. The zero-order valence-electron chi connectivity index (χ0n) is 16.5. The van der Waals surface area contributed by atoms with Crippen LogP contribution in [-0.2, 0) is 11.3 Å². The van der Waals surface area contributed by atoms with Gasteiger partial charge in [-0.1, -0.05) is 53.7 Å². The minimum absolute atomic E-state index is 0.0991. The van der Waals surface area contributed by atoms with Crippen molar-refractivity contribution in [3.05, 3.63) is 70.9 Å². The summed E-state index contributed by atoms with van der Waals surface area (Å²) >= 11 is 8.51. The molecule has 0 bridgehead atoms. The Morgan fingerprint density at radius 1 is 1.16 bits per heavy atom. The molecule has 31 heavy (non-hydrogen) atoms. The summed E-state index contributed by atoms with van der Waals surface area (Å²) in [7, 11) is 1.71. The summed E-state index contributed by atoms with van der Waals surface area (Å²) in [4.78, 5) is 18.7. The first-order valence-corrected chi connectivity index (χ1v) is 11.5. The van der Waals surface area contributed by atoms with Crippen molar-refractivity contribution in [3.8, 4) is 11.3 Å². The van der Waals surface area contributed by atoms with Crippen LogP contribution in [0.15, 0.2) is 69.6 Å². The number of thiazole rings is 1. The molecule has 0 atom stereocenters. The first kappa shape index (κ1) is 21.4. The number of carbonyl (C=O) groups excluding carboxylic acids is 1. The first-order valence-electron chi connectivity index (χ1n) is 9.30. The minimum atomic E-state index is -0.0991. The fourth-order valence-electron chi connectivity index (χ4n) is 2.60. The van der Waals surface area contributed by atoms with Gasteiger partial charge in [0.2, 0.25) is 11.8 Å². The molecular formula is C21H18ClN5O2S2. The van der Waals surface area contributed by atoms with Gasteiger partial charge in [-0.2, -0.15) is 0 Å². The van der Waals surface area contributed by atoms with E-state index in [1.54, 1.807) is 24.1 Å². The van der Waals surface area contributed by atoms with E-state index in [1.165, 1.54) is 23.1 Å². The van der Waals surface area contributed by atoms with Crippen LogP contribution >= 0.6 is 34.7 Å². The molecule has 7 nitrogen and oxygen atoms in total. The zero-order chi connectivity index (χ0) is 21.6. The molecule has 0 aliphatic heterocycles. The number of thioether (sulfide) groups is 1. The van der Waals surface area contributed by atoms with Gasteiger partial charge in [0.25, 0.3) is 5.22 Å². The summed E-state index contributed by atoms with van der Waals surface area (Å²) in [6.45, 7) is 0.379. The minimum Gasteiger partial charge on any atom is -0.414 e. The SMILES string of the molecule is CN(C(=O)CSc1nnc(CNc2ccc(Cl)cc2)o1)c1nc(-c2ccccc2)cs1. The number of amides is 1. The van der Waals surface area contributed by atoms with E-state index >= 15 is 0 Å². The van der Waals surface area contributed by atoms with Crippen molar-refractivity contribution in [1.29, 1.82) is 0 Å². The van der Waals surface area contributed by atoms with Crippen LogP contribution in [0.1, 0.15) is 5.89 Å². The molecule has 0 saturated heterocycles. The predicted molar refractivity (Wildman–Crippen MR) is 125 cm³/mol. The Morgan fingerprint density at radius 3 is 2.71 bits per heavy atom. The van der Waals surface area contributed by atoms with Crippen LogP contribution in [0.5, 0.6) is 0 Å². The van der Waals surface area contributed by atoms with E-state index in [-0.39, 0.29) is 11.7 Å². The highest BCUT2D eigenvalue weighted by molar-refractivity contribution is 7.99. The number of halogens is 1. The highest BCUT2D eigenvalue weighted by Crippen LogP contribution is 2.27. The van der Waals surface area contributed by atoms with Gasteiger partial charge in [0.05, 0.1) is 18.0 Å². The van der Waals surface area contributed by atoms with Gasteiger partial charge in [-0.3, -0.25) is 9.69 Å². The van der Waals surface area contributed by atoms with E-state index in [0.29, 0.717) is 27.8 Å². The largest absolute Gasteiger partial charge is 0.414 e. The van der Waals surface area contributed by atoms with Crippen molar-refractivity contribution in [2.24, 2.45) is 0 Å². The molecule has 1 amide bonds. The third kappa shape index (κ3) is 5.63. The number of anilines is 2. The van der Waals surface area contributed by atoms with Gasteiger partial charge < -0.3 is 9.73 Å². The van der Waals surface area contributed by atoms with Gasteiger partial charge in [0.15, 0.2) is 5.13 Å². The summed E-state index contributed by atoms with van der Waals surface area (Å²) in [6, 6.07) is 17.2. The van der Waals surface area contributed by atoms with Crippen LogP contribution in [0.3, 0.4) is 0 Å². The number of nitrogens with one attached hydrogen (secondary N) is 1. The lowest BCUT2D eigenvalue weighted by Gasteiger charge is -2.12. The molecule has 158 valence electrons. The van der Waals surface area contributed by atoms with Crippen molar-refractivity contribution in [2.75, 3.05) is 23.0 Å². The van der Waals surface area contributed by atoms with Crippen molar-refractivity contribution in [2.45, 2.75) is 11.8 Å². The van der Waals surface area contributed by atoms with Gasteiger partial charge >= 0.3 is 0 Å². The summed E-state index contributed by atoms with van der Waals surface area (Å²) < 4.78 is 5.60. The van der Waals surface area contributed by atoms with E-state index in [4.69, 9.17) is 16.0 Å². The molecule has 0 spiro atoms. The average Bonchev–Trinajstić information content (AvgIpc) is 3.47. The van der Waals surface area contributed by atoms with E-state index in [0.717, 1.165) is 16.9 Å². The standard InChI is InChI=1S/C21H18ClN5O2S2/c1-27(20-24-17(12-30-20)14-5-3-2-4-6-14)19(28)13-31-21-26-25-18(29-21)11-23-16-9-7-15(22)8-10-16/h2-10,12,23H,11,13H2,1H3. The molecule has 0 radical (unpaired) electrons. The zero-order valence-corrected chi connectivity index (χ0v) is 18.9. The maximum atomic E-state index is 12.6. The Labute approximate surface area is 192 Å². The quantitative estimate of drug-likeness (QED) is 0.353. The predicted octanol–water partition coefficient (Wildman–Crippen LogP) is 5.21. The number of benzene rings is 2. The summed E-state index contributed by atoms with van der Waals surface area (Å²) in [5.74, 6) is 0.506. The van der Waals surface area contributed by atoms with Gasteiger partial charge in [-0.25, -0.2) is 4.98 Å². The van der Waals surface area contributed by atoms with Crippen LogP contribution < -0.4 is 10.2 Å². The second-order valence-corrected chi connectivity index (χ2v) is 8.64. The third-order valence-corrected chi connectivity index (χ3v) is 6.25. The molecule has 0 aliphatic rings. The molecule has 4 aromatic rings. The Hall–Kier alpha value is -2.88. The molecule has 10 heteroatoms. The van der Waals surface area contributed by atoms with Crippen molar-refractivity contribution in [1.82, 2.24) is 15.2 Å². The van der Waals surface area contributed by atoms with Crippen LogP contribution in [-0.4, -0.2) is 33.9 Å². The maximum Gasteiger partial charge on any atom is 0.277 e. The molecular weight excluding hydrogens is 454 g/mol. The molecule has 2 aromatic carbocycles. The van der Waals surface area contributed by atoms with E-state index in [1.807, 2.05) is 47.8 Å². The Bertz CT molecular complexity index is 1150. The smallest absolute Gasteiger partial charge is 0.277 e. The summed E-state index contributed by atoms with van der Waals surface area (Å²) in [5.41, 5.74) is 2.76. The lowest BCUT2D eigenvalue weighted by atomic mass is 10.2. The number of hydrogen-bond donors (Lipinski definition) is 1. The Kier molecular flexibility index (Phi) is 6.86. The van der Waals surface area contributed by atoms with E-state index < -0.39 is 0 Å². The fourth-order valence-corrected chi connectivity index (χ4v) is 4.24. The average molecular weight is 472 g/mol. The second-order valence-electron chi connectivity index (χ2n) is 6.44. The first-order chi connectivity index (χ1) is 15.1. The normalized spacial score (nSPS) is 10.8. The van der Waals surface area contributed by atoms with Crippen molar-refractivity contribution < 1.29 is 9.21 Å². The molecule has 4 rings (SSSR count). The van der Waals surface area contributed by atoms with Gasteiger partial charge in [-0.15, -0.1) is 21.5 Å². The molecule has 2 heterocycles. The van der Waals surface area contributed by atoms with Gasteiger partial charge in [0, 0.05) is 28.7 Å². The van der Waals surface area contributed by atoms with Gasteiger partial charge in [0.1, 0.15) is 0 Å². The number of hydrogen-bond acceptors (Lipinski definition) is 8. The lowest BCUT2D eigenvalue weighted by Crippen LogP contribution is -2.27. The number of aromatic nitrogens is 3. The monoisotopic (exact) mass is 471 g/mol. The van der Waals surface area contributed by atoms with Crippen molar-refractivity contribution in [3.63, 3.8) is 0 Å². The fraction of sp³-hybridized carbons (Fsp3) is 0.143. The summed E-state index contributed by atoms with van der Waals surface area (Å²) in [6.07, 6.45) is 0. The van der Waals surface area contributed by atoms with Crippen LogP contribution in [0.4, 0.5) is 10.8 Å². The van der Waals surface area contributed by atoms with Crippen LogP contribution in [0, 0.1) is 0 Å². The Balaban J connectivity index is 1.28. The highest BCUT2D eigenvalue weighted by atomic mass is 35.5. The van der Waals surface area contributed by atoms with E-state index in [2.05, 4.69) is 20.5 Å². The molecule has 0 unspecified atom stereocenters. The summed E-state index contributed by atoms with van der Waals surface area (Å²) in [5, 5.41) is 14.8. The highest BCUT2D eigenvalue weighted by Gasteiger charge is 2.17. The Morgan fingerprint density at radius 2 is 1.94 bits per heavy atom.